The fourth-order valence-corrected chi connectivity index (χ4v) is 3.17. The van der Waals surface area contributed by atoms with Crippen LogP contribution in [0.5, 0.6) is 0 Å². The second-order valence-corrected chi connectivity index (χ2v) is 5.14. The molecule has 0 aliphatic carbocycles. The van der Waals surface area contributed by atoms with E-state index in [0.717, 1.165) is 24.9 Å². The van der Waals surface area contributed by atoms with Gasteiger partial charge in [-0.05, 0) is 36.2 Å². The van der Waals surface area contributed by atoms with Crippen molar-refractivity contribution in [2.45, 2.75) is 26.7 Å². The lowest BCUT2D eigenvalue weighted by Crippen LogP contribution is -2.51. The topological polar surface area (TPSA) is 24.1 Å². The van der Waals surface area contributed by atoms with Gasteiger partial charge in [-0.25, -0.2) is 0 Å². The van der Waals surface area contributed by atoms with Crippen molar-refractivity contribution in [1.82, 2.24) is 10.4 Å². The molecule has 2 radical (unpaired) electrons. The third-order valence-electron chi connectivity index (χ3n) is 3.60. The SMILES string of the molecule is [B]C1NCC(C)C(C(C)CNP)C1C. The Morgan fingerprint density at radius 1 is 1.57 bits per heavy atom. The van der Waals surface area contributed by atoms with Gasteiger partial charge in [-0.3, -0.25) is 0 Å². The lowest BCUT2D eigenvalue weighted by atomic mass is 9.65. The van der Waals surface area contributed by atoms with E-state index < -0.39 is 0 Å². The van der Waals surface area contributed by atoms with Crippen molar-refractivity contribution >= 4 is 17.2 Å². The first-order chi connectivity index (χ1) is 6.57. The van der Waals surface area contributed by atoms with Crippen molar-refractivity contribution in [3.05, 3.63) is 0 Å². The number of hydrogen-bond donors (Lipinski definition) is 2. The quantitative estimate of drug-likeness (QED) is 0.538. The van der Waals surface area contributed by atoms with Gasteiger partial charge in [0.1, 0.15) is 0 Å². The molecule has 1 aliphatic heterocycles. The molecular weight excluding hydrogens is 190 g/mol. The smallest absolute Gasteiger partial charge is 0.0910 e. The normalized spacial score (nSPS) is 40.9. The molecule has 6 atom stereocenters. The van der Waals surface area contributed by atoms with E-state index in [1.54, 1.807) is 0 Å². The summed E-state index contributed by atoms with van der Waals surface area (Å²) < 4.78 is 0. The lowest BCUT2D eigenvalue weighted by Gasteiger charge is -2.43. The van der Waals surface area contributed by atoms with E-state index in [4.69, 9.17) is 7.85 Å². The molecule has 6 unspecified atom stereocenters. The third-order valence-corrected chi connectivity index (χ3v) is 3.84. The molecule has 1 aliphatic rings. The van der Waals surface area contributed by atoms with Crippen molar-refractivity contribution < 1.29 is 0 Å². The minimum Gasteiger partial charge on any atom is -0.322 e. The maximum Gasteiger partial charge on any atom is 0.0910 e. The summed E-state index contributed by atoms with van der Waals surface area (Å²) in [4.78, 5) is 0. The maximum atomic E-state index is 6.03. The van der Waals surface area contributed by atoms with Gasteiger partial charge in [0, 0.05) is 6.54 Å². The van der Waals surface area contributed by atoms with Crippen molar-refractivity contribution in [2.75, 3.05) is 13.1 Å². The van der Waals surface area contributed by atoms with Crippen LogP contribution in [0.3, 0.4) is 0 Å². The summed E-state index contributed by atoms with van der Waals surface area (Å²) in [7, 11) is 8.61. The molecule has 0 amide bonds. The number of piperidine rings is 1. The zero-order chi connectivity index (χ0) is 10.7. The predicted molar refractivity (Wildman–Crippen MR) is 66.2 cm³/mol. The van der Waals surface area contributed by atoms with Gasteiger partial charge >= 0.3 is 0 Å². The number of rotatable bonds is 3. The molecule has 2 nitrogen and oxygen atoms in total. The highest BCUT2D eigenvalue weighted by atomic mass is 31.0. The van der Waals surface area contributed by atoms with Crippen molar-refractivity contribution in [1.29, 1.82) is 0 Å². The average molecular weight is 212 g/mol. The summed E-state index contributed by atoms with van der Waals surface area (Å²) in [5, 5.41) is 6.54. The predicted octanol–water partition coefficient (Wildman–Crippen LogP) is 0.988. The van der Waals surface area contributed by atoms with E-state index in [1.807, 2.05) is 0 Å². The highest BCUT2D eigenvalue weighted by molar-refractivity contribution is 7.13. The van der Waals surface area contributed by atoms with Crippen molar-refractivity contribution in [3.63, 3.8) is 0 Å². The minimum absolute atomic E-state index is 0.170. The van der Waals surface area contributed by atoms with Crippen LogP contribution < -0.4 is 10.4 Å². The Labute approximate surface area is 91.7 Å². The summed E-state index contributed by atoms with van der Waals surface area (Å²) in [6.45, 7) is 9.00. The van der Waals surface area contributed by atoms with Crippen LogP contribution in [0.15, 0.2) is 0 Å². The van der Waals surface area contributed by atoms with E-state index in [-0.39, 0.29) is 5.94 Å². The minimum atomic E-state index is 0.170. The van der Waals surface area contributed by atoms with Gasteiger partial charge in [-0.2, -0.15) is 0 Å². The largest absolute Gasteiger partial charge is 0.322 e. The molecular formula is C10H22BN2P. The summed E-state index contributed by atoms with van der Waals surface area (Å²) >= 11 is 0. The van der Waals surface area contributed by atoms with Gasteiger partial charge in [0.2, 0.25) is 0 Å². The van der Waals surface area contributed by atoms with E-state index >= 15 is 0 Å². The Morgan fingerprint density at radius 3 is 2.79 bits per heavy atom. The second kappa shape index (κ2) is 5.49. The van der Waals surface area contributed by atoms with Crippen LogP contribution >= 0.6 is 9.39 Å². The second-order valence-electron chi connectivity index (χ2n) is 4.73. The van der Waals surface area contributed by atoms with E-state index in [9.17, 15) is 0 Å². The molecule has 14 heavy (non-hydrogen) atoms. The Bertz CT molecular complexity index is 180. The third kappa shape index (κ3) is 2.71. The zero-order valence-electron chi connectivity index (χ0n) is 9.46. The molecule has 1 saturated heterocycles. The highest BCUT2D eigenvalue weighted by Crippen LogP contribution is 2.33. The first-order valence-corrected chi connectivity index (χ1v) is 6.08. The van der Waals surface area contributed by atoms with Crippen LogP contribution in [0.4, 0.5) is 0 Å². The fraction of sp³-hybridized carbons (Fsp3) is 1.00. The van der Waals surface area contributed by atoms with Crippen LogP contribution in [0, 0.1) is 23.7 Å². The average Bonchev–Trinajstić information content (AvgIpc) is 2.13. The molecule has 1 rings (SSSR count). The first kappa shape index (κ1) is 12.5. The van der Waals surface area contributed by atoms with Crippen LogP contribution in [-0.2, 0) is 0 Å². The lowest BCUT2D eigenvalue weighted by molar-refractivity contribution is 0.123. The fourth-order valence-electron chi connectivity index (χ4n) is 2.80. The van der Waals surface area contributed by atoms with Crippen LogP contribution in [0.2, 0.25) is 0 Å². The van der Waals surface area contributed by atoms with Gasteiger partial charge in [0.05, 0.1) is 7.85 Å². The van der Waals surface area contributed by atoms with Crippen molar-refractivity contribution in [3.8, 4) is 0 Å². The Hall–Kier alpha value is 0.415. The number of hydrogen-bond acceptors (Lipinski definition) is 2. The summed E-state index contributed by atoms with van der Waals surface area (Å²) in [6, 6.07) is 0. The van der Waals surface area contributed by atoms with Crippen LogP contribution in [0.25, 0.3) is 0 Å². The highest BCUT2D eigenvalue weighted by Gasteiger charge is 2.34. The molecule has 0 bridgehead atoms. The Balaban J connectivity index is 2.61. The van der Waals surface area contributed by atoms with Crippen LogP contribution in [-0.4, -0.2) is 26.9 Å². The molecule has 1 fully saturated rings. The van der Waals surface area contributed by atoms with Gasteiger partial charge < -0.3 is 10.4 Å². The molecule has 0 saturated carbocycles. The van der Waals surface area contributed by atoms with Gasteiger partial charge in [-0.15, -0.1) is 0 Å². The molecule has 80 valence electrons. The standard InChI is InChI=1S/C10H22BN2P/c1-6-4-12-10(11)8(3)9(6)7(2)5-13-14/h6-10,12-13H,4-5,14H2,1-3H3. The Kier molecular flexibility index (Phi) is 4.89. The van der Waals surface area contributed by atoms with E-state index in [0.29, 0.717) is 11.8 Å². The molecule has 0 aromatic rings. The molecule has 0 spiro atoms. The molecule has 0 aromatic carbocycles. The Morgan fingerprint density at radius 2 is 2.21 bits per heavy atom. The summed E-state index contributed by atoms with van der Waals surface area (Å²) in [5.41, 5.74) is 0. The van der Waals surface area contributed by atoms with E-state index in [1.165, 1.54) is 0 Å². The van der Waals surface area contributed by atoms with Crippen molar-refractivity contribution in [2.24, 2.45) is 23.7 Å². The molecule has 2 N–H and O–H groups in total. The molecule has 1 heterocycles. The summed E-state index contributed by atoms with van der Waals surface area (Å²) in [6.07, 6.45) is 0. The first-order valence-electron chi connectivity index (χ1n) is 5.50. The monoisotopic (exact) mass is 212 g/mol. The zero-order valence-corrected chi connectivity index (χ0v) is 10.6. The van der Waals surface area contributed by atoms with Gasteiger partial charge in [-0.1, -0.05) is 30.2 Å². The van der Waals surface area contributed by atoms with Crippen LogP contribution in [0.1, 0.15) is 20.8 Å². The molecule has 0 aromatic heterocycles. The van der Waals surface area contributed by atoms with Gasteiger partial charge in [0.25, 0.3) is 0 Å². The molecule has 4 heteroatoms. The number of nitrogens with one attached hydrogen (secondary N) is 2. The summed E-state index contributed by atoms with van der Waals surface area (Å²) in [5.74, 6) is 2.86. The maximum absolute atomic E-state index is 6.03. The van der Waals surface area contributed by atoms with Gasteiger partial charge in [0.15, 0.2) is 0 Å². The van der Waals surface area contributed by atoms with E-state index in [2.05, 4.69) is 40.6 Å².